The number of benzene rings is 3. The number of aliphatic hydroxyl groups is 1. The van der Waals surface area contributed by atoms with Crippen LogP contribution < -0.4 is 4.74 Å². The van der Waals surface area contributed by atoms with Crippen LogP contribution in [-0.2, 0) is 9.53 Å². The number of halogens is 4. The summed E-state index contributed by atoms with van der Waals surface area (Å²) in [5.41, 5.74) is 1.26. The van der Waals surface area contributed by atoms with Crippen molar-refractivity contribution >= 4 is 5.97 Å². The van der Waals surface area contributed by atoms with Gasteiger partial charge in [0.05, 0.1) is 18.6 Å². The molecule has 1 heterocycles. The Hall–Kier alpha value is -3.23. The van der Waals surface area contributed by atoms with E-state index in [4.69, 9.17) is 9.47 Å². The molecule has 2 aliphatic carbocycles. The fraction of sp³-hybridized carbons (Fsp3) is 0.486. The summed E-state index contributed by atoms with van der Waals surface area (Å²) >= 11 is 0. The molecule has 2 atom stereocenters. The Kier molecular flexibility index (Phi) is 9.62. The largest absolute Gasteiger partial charge is 0.426 e. The normalized spacial score (nSPS) is 25.5. The number of epoxide rings is 1. The highest BCUT2D eigenvalue weighted by Crippen LogP contribution is 2.45. The van der Waals surface area contributed by atoms with E-state index < -0.39 is 29.4 Å². The third kappa shape index (κ3) is 6.82. The minimum atomic E-state index is -1.06. The van der Waals surface area contributed by atoms with Crippen LogP contribution >= 0.6 is 0 Å². The zero-order valence-corrected chi connectivity index (χ0v) is 25.5. The van der Waals surface area contributed by atoms with Crippen molar-refractivity contribution in [2.24, 2.45) is 17.8 Å². The van der Waals surface area contributed by atoms with E-state index >= 15 is 0 Å². The van der Waals surface area contributed by atoms with Crippen molar-refractivity contribution in [2.45, 2.75) is 89.3 Å². The molecule has 0 spiro atoms. The molecule has 1 saturated heterocycles. The third-order valence-corrected chi connectivity index (χ3v) is 10.2. The number of carbonyl (C=O) groups is 1. The van der Waals surface area contributed by atoms with Gasteiger partial charge in [-0.1, -0.05) is 49.7 Å². The molecule has 0 bridgehead atoms. The highest BCUT2D eigenvalue weighted by molar-refractivity contribution is 5.75. The summed E-state index contributed by atoms with van der Waals surface area (Å²) in [6, 6.07) is 12.6. The number of rotatable bonds is 9. The quantitative estimate of drug-likeness (QED) is 0.112. The van der Waals surface area contributed by atoms with Crippen LogP contribution in [0.3, 0.4) is 0 Å². The first-order valence-corrected chi connectivity index (χ1v) is 16.3. The van der Waals surface area contributed by atoms with E-state index in [2.05, 4.69) is 0 Å². The molecule has 3 aromatic carbocycles. The van der Waals surface area contributed by atoms with Crippen LogP contribution in [0.25, 0.3) is 11.1 Å². The first kappa shape index (κ1) is 31.7. The second-order valence-corrected chi connectivity index (χ2v) is 13.0. The maximum atomic E-state index is 14.8. The van der Waals surface area contributed by atoms with E-state index in [-0.39, 0.29) is 35.0 Å². The van der Waals surface area contributed by atoms with Crippen molar-refractivity contribution in [1.29, 1.82) is 0 Å². The molecule has 240 valence electrons. The molecule has 2 saturated carbocycles. The number of hydrogen-bond acceptors (Lipinski definition) is 4. The summed E-state index contributed by atoms with van der Waals surface area (Å²) in [5.74, 6) is -2.64. The summed E-state index contributed by atoms with van der Waals surface area (Å²) in [5, 5.41) is 10.1. The Bertz CT molecular complexity index is 1500. The van der Waals surface area contributed by atoms with E-state index in [1.807, 2.05) is 6.92 Å². The summed E-state index contributed by atoms with van der Waals surface area (Å²) in [7, 11) is 0. The Morgan fingerprint density at radius 3 is 2.02 bits per heavy atom. The lowest BCUT2D eigenvalue weighted by molar-refractivity contribution is -0.140. The topological polar surface area (TPSA) is 59.1 Å². The maximum Gasteiger partial charge on any atom is 0.314 e. The Morgan fingerprint density at radius 2 is 1.40 bits per heavy atom. The molecule has 0 amide bonds. The molecule has 3 fully saturated rings. The van der Waals surface area contributed by atoms with Crippen LogP contribution in [0.15, 0.2) is 48.5 Å². The molecular weight excluding hydrogens is 584 g/mol. The molecule has 0 radical (unpaired) electrons. The van der Waals surface area contributed by atoms with Gasteiger partial charge in [0.15, 0.2) is 23.3 Å². The fourth-order valence-electron chi connectivity index (χ4n) is 7.47. The molecule has 8 heteroatoms. The van der Waals surface area contributed by atoms with E-state index in [0.29, 0.717) is 53.7 Å². The second-order valence-electron chi connectivity index (χ2n) is 13.0. The van der Waals surface area contributed by atoms with Crippen LogP contribution in [0.1, 0.15) is 106 Å². The molecule has 2 unspecified atom stereocenters. The average molecular weight is 625 g/mol. The number of hydrogen-bond donors (Lipinski definition) is 1. The number of carbonyl (C=O) groups excluding carboxylic acids is 1. The first-order valence-electron chi connectivity index (χ1n) is 16.3. The zero-order valence-electron chi connectivity index (χ0n) is 25.5. The van der Waals surface area contributed by atoms with Crippen LogP contribution in [0.4, 0.5) is 17.6 Å². The Balaban J connectivity index is 0.984. The number of esters is 1. The van der Waals surface area contributed by atoms with E-state index in [1.165, 1.54) is 12.1 Å². The van der Waals surface area contributed by atoms with Gasteiger partial charge in [-0.3, -0.25) is 4.79 Å². The Labute approximate surface area is 261 Å². The molecule has 6 rings (SSSR count). The Morgan fingerprint density at radius 1 is 0.800 bits per heavy atom. The highest BCUT2D eigenvalue weighted by Gasteiger charge is 2.36. The first-order chi connectivity index (χ1) is 21.7. The molecule has 3 aliphatic rings. The molecule has 1 N–H and O–H groups in total. The lowest BCUT2D eigenvalue weighted by Crippen LogP contribution is -2.30. The molecule has 4 nitrogen and oxygen atoms in total. The zero-order chi connectivity index (χ0) is 31.7. The summed E-state index contributed by atoms with van der Waals surface area (Å²) in [6.07, 6.45) is 6.58. The van der Waals surface area contributed by atoms with Gasteiger partial charge < -0.3 is 14.6 Å². The monoisotopic (exact) mass is 624 g/mol. The number of aliphatic hydroxyl groups excluding tert-OH is 1. The van der Waals surface area contributed by atoms with Gasteiger partial charge in [0.25, 0.3) is 0 Å². The van der Waals surface area contributed by atoms with Gasteiger partial charge >= 0.3 is 5.97 Å². The van der Waals surface area contributed by atoms with Crippen molar-refractivity contribution in [3.05, 3.63) is 88.5 Å². The second kappa shape index (κ2) is 13.6. The third-order valence-electron chi connectivity index (χ3n) is 10.2. The van der Waals surface area contributed by atoms with Crippen molar-refractivity contribution in [3.8, 4) is 16.9 Å². The van der Waals surface area contributed by atoms with Gasteiger partial charge in [-0.25, -0.2) is 17.6 Å². The van der Waals surface area contributed by atoms with Crippen LogP contribution in [0.2, 0.25) is 0 Å². The minimum Gasteiger partial charge on any atom is -0.426 e. The standard InChI is InChI=1S/C37H40F4O4/c1-2-3-31(42)29-18-16-27(33(38)35(29)40)24-12-14-26(15-13-24)45-37(43)25-10-6-22(7-11-25)21-4-8-23(9-5-21)28-17-19-30(32-20-44-32)36(41)34(28)39/h12-19,21-23,25,31-32,42H,2-11,20H2,1H3. The molecule has 0 aromatic heterocycles. The van der Waals surface area contributed by atoms with Crippen molar-refractivity contribution < 1.29 is 36.9 Å². The van der Waals surface area contributed by atoms with Gasteiger partial charge in [0.2, 0.25) is 0 Å². The van der Waals surface area contributed by atoms with E-state index in [9.17, 15) is 27.5 Å². The van der Waals surface area contributed by atoms with Gasteiger partial charge in [-0.15, -0.1) is 0 Å². The predicted molar refractivity (Wildman–Crippen MR) is 162 cm³/mol. The fourth-order valence-corrected chi connectivity index (χ4v) is 7.47. The molecule has 45 heavy (non-hydrogen) atoms. The summed E-state index contributed by atoms with van der Waals surface area (Å²) in [4.78, 5) is 13.0. The highest BCUT2D eigenvalue weighted by atomic mass is 19.2. The van der Waals surface area contributed by atoms with Gasteiger partial charge in [-0.2, -0.15) is 0 Å². The molecule has 3 aromatic rings. The van der Waals surface area contributed by atoms with Crippen LogP contribution in [0, 0.1) is 41.0 Å². The van der Waals surface area contributed by atoms with Crippen molar-refractivity contribution in [3.63, 3.8) is 0 Å². The maximum absolute atomic E-state index is 14.8. The summed E-state index contributed by atoms with van der Waals surface area (Å²) in [6.45, 7) is 2.31. The minimum absolute atomic E-state index is 0.0243. The van der Waals surface area contributed by atoms with Crippen molar-refractivity contribution in [1.82, 2.24) is 0 Å². The van der Waals surface area contributed by atoms with Crippen molar-refractivity contribution in [2.75, 3.05) is 6.61 Å². The molecular formula is C37H40F4O4. The predicted octanol–water partition coefficient (Wildman–Crippen LogP) is 9.50. The average Bonchev–Trinajstić information content (AvgIpc) is 3.90. The molecule has 1 aliphatic heterocycles. The van der Waals surface area contributed by atoms with Gasteiger partial charge in [0, 0.05) is 16.7 Å². The lowest BCUT2D eigenvalue weighted by Gasteiger charge is -2.37. The van der Waals surface area contributed by atoms with Gasteiger partial charge in [0.1, 0.15) is 11.9 Å². The smallest absolute Gasteiger partial charge is 0.314 e. The number of ether oxygens (including phenoxy) is 2. The van der Waals surface area contributed by atoms with E-state index in [1.54, 1.807) is 36.4 Å². The van der Waals surface area contributed by atoms with Crippen LogP contribution in [-0.4, -0.2) is 17.7 Å². The SMILES string of the molecule is CCCC(O)c1ccc(-c2ccc(OC(=O)C3CCC(C4CCC(c5ccc(C6CO6)c(F)c5F)CC4)CC3)cc2)c(F)c1F. The van der Waals surface area contributed by atoms with Crippen LogP contribution in [0.5, 0.6) is 5.75 Å². The van der Waals surface area contributed by atoms with Gasteiger partial charge in [-0.05, 0) is 98.8 Å². The lowest BCUT2D eigenvalue weighted by atomic mass is 9.68. The van der Waals surface area contributed by atoms with E-state index in [0.717, 1.165) is 51.4 Å². The summed E-state index contributed by atoms with van der Waals surface area (Å²) < 4.78 is 69.6.